The van der Waals surface area contributed by atoms with Gasteiger partial charge in [0.15, 0.2) is 5.22 Å². The minimum atomic E-state index is -0.0290. The second-order valence-corrected chi connectivity index (χ2v) is 4.44. The zero-order valence-corrected chi connectivity index (χ0v) is 11.4. The molecule has 2 rings (SSSR count). The summed E-state index contributed by atoms with van der Waals surface area (Å²) in [5.74, 6) is 2.19. The fourth-order valence-electron chi connectivity index (χ4n) is 1.70. The van der Waals surface area contributed by atoms with Gasteiger partial charge in [-0.3, -0.25) is 0 Å². The van der Waals surface area contributed by atoms with Crippen molar-refractivity contribution in [3.8, 4) is 11.5 Å². The molecule has 0 saturated carbocycles. The Balaban J connectivity index is 1.99. The Morgan fingerprint density at radius 3 is 2.68 bits per heavy atom. The van der Waals surface area contributed by atoms with Crippen molar-refractivity contribution in [3.63, 3.8) is 0 Å². The van der Waals surface area contributed by atoms with Crippen LogP contribution in [-0.2, 0) is 0 Å². The molecule has 1 aromatic carbocycles. The first-order valence-electron chi connectivity index (χ1n) is 5.95. The summed E-state index contributed by atoms with van der Waals surface area (Å²) in [5, 5.41) is 0.356. The zero-order chi connectivity index (χ0) is 13.7. The Labute approximate surface area is 117 Å². The van der Waals surface area contributed by atoms with Gasteiger partial charge in [0, 0.05) is 12.6 Å². The Bertz CT molecular complexity index is 527. The van der Waals surface area contributed by atoms with Crippen LogP contribution in [0.3, 0.4) is 0 Å². The maximum atomic E-state index is 5.75. The lowest BCUT2D eigenvalue weighted by Gasteiger charge is -2.14. The van der Waals surface area contributed by atoms with Gasteiger partial charge in [-0.15, -0.1) is 0 Å². The summed E-state index contributed by atoms with van der Waals surface area (Å²) in [4.78, 5) is 0. The summed E-state index contributed by atoms with van der Waals surface area (Å²) < 4.78 is 16.2. The number of hydrogen-bond donors (Lipinski definition) is 1. The Kier molecular flexibility index (Phi) is 4.71. The van der Waals surface area contributed by atoms with Crippen LogP contribution in [0, 0.1) is 0 Å². The van der Waals surface area contributed by atoms with Gasteiger partial charge in [-0.1, -0.05) is 6.07 Å². The number of rotatable bonds is 6. The maximum absolute atomic E-state index is 5.75. The van der Waals surface area contributed by atoms with Crippen LogP contribution in [0.25, 0.3) is 0 Å². The number of ether oxygens (including phenoxy) is 2. The van der Waals surface area contributed by atoms with Gasteiger partial charge < -0.3 is 19.6 Å². The van der Waals surface area contributed by atoms with Gasteiger partial charge in [0.2, 0.25) is 0 Å². The van der Waals surface area contributed by atoms with E-state index in [0.29, 0.717) is 18.4 Å². The third-order valence-electron chi connectivity index (χ3n) is 2.77. The van der Waals surface area contributed by atoms with Crippen molar-refractivity contribution in [2.75, 3.05) is 20.3 Å². The van der Waals surface area contributed by atoms with Gasteiger partial charge in [-0.2, -0.15) is 0 Å². The van der Waals surface area contributed by atoms with E-state index in [9.17, 15) is 0 Å². The molecule has 0 spiro atoms. The van der Waals surface area contributed by atoms with Crippen molar-refractivity contribution in [1.29, 1.82) is 0 Å². The molecule has 0 saturated heterocycles. The molecule has 0 bridgehead atoms. The third kappa shape index (κ3) is 3.66. The molecule has 0 aliphatic rings. The molecule has 5 heteroatoms. The van der Waals surface area contributed by atoms with E-state index in [4.69, 9.17) is 31.2 Å². The van der Waals surface area contributed by atoms with E-state index < -0.39 is 0 Å². The number of furan rings is 1. The second-order valence-electron chi connectivity index (χ2n) is 4.06. The lowest BCUT2D eigenvalue weighted by atomic mass is 10.1. The molecule has 2 aromatic rings. The number of halogens is 1. The molecular weight excluding hydrogens is 266 g/mol. The van der Waals surface area contributed by atoms with Crippen molar-refractivity contribution in [2.24, 2.45) is 5.73 Å². The van der Waals surface area contributed by atoms with Gasteiger partial charge in [0.1, 0.15) is 17.3 Å². The van der Waals surface area contributed by atoms with Crippen molar-refractivity contribution in [3.05, 3.63) is 47.4 Å². The van der Waals surface area contributed by atoms with E-state index in [1.807, 2.05) is 30.3 Å². The van der Waals surface area contributed by atoms with E-state index in [1.165, 1.54) is 0 Å². The van der Waals surface area contributed by atoms with Crippen LogP contribution in [0.5, 0.6) is 11.5 Å². The molecule has 0 amide bonds. The van der Waals surface area contributed by atoms with E-state index in [0.717, 1.165) is 17.3 Å². The van der Waals surface area contributed by atoms with Gasteiger partial charge in [0.05, 0.1) is 19.6 Å². The lowest BCUT2D eigenvalue weighted by molar-refractivity contribution is 0.271. The van der Waals surface area contributed by atoms with Gasteiger partial charge in [0.25, 0.3) is 0 Å². The average Bonchev–Trinajstić information content (AvgIpc) is 2.86. The zero-order valence-electron chi connectivity index (χ0n) is 10.6. The maximum Gasteiger partial charge on any atom is 0.193 e. The van der Waals surface area contributed by atoms with Crippen LogP contribution in [-0.4, -0.2) is 20.3 Å². The smallest absolute Gasteiger partial charge is 0.193 e. The van der Waals surface area contributed by atoms with Crippen molar-refractivity contribution >= 4 is 11.6 Å². The molecule has 0 fully saturated rings. The summed E-state index contributed by atoms with van der Waals surface area (Å²) in [6.07, 6.45) is 0. The van der Waals surface area contributed by atoms with E-state index in [-0.39, 0.29) is 5.92 Å². The summed E-state index contributed by atoms with van der Waals surface area (Å²) in [6.45, 7) is 0.849. The largest absolute Gasteiger partial charge is 0.497 e. The highest BCUT2D eigenvalue weighted by Gasteiger charge is 2.15. The molecule has 1 aromatic heterocycles. The predicted octanol–water partition coefficient (Wildman–Crippen LogP) is 3.06. The number of hydrogen-bond acceptors (Lipinski definition) is 4. The minimum Gasteiger partial charge on any atom is -0.497 e. The highest BCUT2D eigenvalue weighted by molar-refractivity contribution is 6.28. The Morgan fingerprint density at radius 1 is 1.26 bits per heavy atom. The first-order chi connectivity index (χ1) is 9.22. The van der Waals surface area contributed by atoms with Gasteiger partial charge >= 0.3 is 0 Å². The first kappa shape index (κ1) is 13.8. The van der Waals surface area contributed by atoms with Crippen LogP contribution in [0.15, 0.2) is 40.8 Å². The van der Waals surface area contributed by atoms with Crippen LogP contribution < -0.4 is 15.2 Å². The summed E-state index contributed by atoms with van der Waals surface area (Å²) in [7, 11) is 1.62. The quantitative estimate of drug-likeness (QED) is 0.884. The Hall–Kier alpha value is -1.65. The third-order valence-corrected chi connectivity index (χ3v) is 2.98. The van der Waals surface area contributed by atoms with Crippen LogP contribution in [0.2, 0.25) is 5.22 Å². The molecule has 4 nitrogen and oxygen atoms in total. The molecule has 1 heterocycles. The van der Waals surface area contributed by atoms with Crippen LogP contribution >= 0.6 is 11.6 Å². The monoisotopic (exact) mass is 281 g/mol. The summed E-state index contributed by atoms with van der Waals surface area (Å²) >= 11 is 5.75. The van der Waals surface area contributed by atoms with Crippen molar-refractivity contribution < 1.29 is 13.9 Å². The minimum absolute atomic E-state index is 0.0290. The molecule has 0 aliphatic carbocycles. The summed E-state index contributed by atoms with van der Waals surface area (Å²) in [5.41, 5.74) is 5.73. The molecule has 19 heavy (non-hydrogen) atoms. The molecular formula is C14H16ClNO3. The van der Waals surface area contributed by atoms with Crippen LogP contribution in [0.4, 0.5) is 0 Å². The second kappa shape index (κ2) is 6.50. The number of nitrogens with two attached hydrogens (primary N) is 1. The highest BCUT2D eigenvalue weighted by Crippen LogP contribution is 2.24. The molecule has 1 unspecified atom stereocenters. The summed E-state index contributed by atoms with van der Waals surface area (Å²) in [6, 6.07) is 10.9. The predicted molar refractivity (Wildman–Crippen MR) is 74.0 cm³/mol. The average molecular weight is 282 g/mol. The first-order valence-corrected chi connectivity index (χ1v) is 6.33. The molecule has 0 radical (unpaired) electrons. The molecule has 0 aliphatic heterocycles. The lowest BCUT2D eigenvalue weighted by Crippen LogP contribution is -2.19. The fourth-order valence-corrected chi connectivity index (χ4v) is 1.85. The van der Waals surface area contributed by atoms with E-state index >= 15 is 0 Å². The standard InChI is InChI=1S/C14H16ClNO3/c1-17-11-3-2-4-12(7-11)18-9-10(8-16)13-5-6-14(15)19-13/h2-7,10H,8-9,16H2,1H3. The van der Waals surface area contributed by atoms with E-state index in [1.54, 1.807) is 13.2 Å². The molecule has 102 valence electrons. The van der Waals surface area contributed by atoms with Gasteiger partial charge in [-0.05, 0) is 35.9 Å². The number of benzene rings is 1. The Morgan fingerprint density at radius 2 is 2.05 bits per heavy atom. The van der Waals surface area contributed by atoms with E-state index in [2.05, 4.69) is 0 Å². The van der Waals surface area contributed by atoms with Crippen molar-refractivity contribution in [1.82, 2.24) is 0 Å². The SMILES string of the molecule is COc1cccc(OCC(CN)c2ccc(Cl)o2)c1. The van der Waals surface area contributed by atoms with Gasteiger partial charge in [-0.25, -0.2) is 0 Å². The van der Waals surface area contributed by atoms with Crippen LogP contribution in [0.1, 0.15) is 11.7 Å². The topological polar surface area (TPSA) is 57.6 Å². The number of methoxy groups -OCH3 is 1. The molecule has 1 atom stereocenters. The molecule has 2 N–H and O–H groups in total. The highest BCUT2D eigenvalue weighted by atomic mass is 35.5. The fraction of sp³-hybridized carbons (Fsp3) is 0.286. The van der Waals surface area contributed by atoms with Crippen molar-refractivity contribution in [2.45, 2.75) is 5.92 Å². The normalized spacial score (nSPS) is 12.2.